The molecule has 0 saturated heterocycles. The van der Waals surface area contributed by atoms with Gasteiger partial charge in [-0.05, 0) is 207 Å². The highest BCUT2D eigenvalue weighted by molar-refractivity contribution is 7.23. The van der Waals surface area contributed by atoms with Gasteiger partial charge in [-0.3, -0.25) is 0 Å². The SMILES string of the molecule is c1ccc([Si](c2ccccc2)(c2c3ccccc3c(-c3c4ccccc4c(-c4ccc5c(ccc6ccccc65)c4)c4ccccc34)c3ccccc23)c2c3ccccc3c(-c3c4ccccc4c(-c4ccc5c(ccc6ccccc65)c4)c4ccccc34)c3ccccc23)cc1. The van der Waals surface area contributed by atoms with Crippen molar-refractivity contribution in [3.05, 3.63) is 364 Å². The molecule has 20 aromatic rings. The van der Waals surface area contributed by atoms with E-state index in [9.17, 15) is 0 Å². The van der Waals surface area contributed by atoms with Gasteiger partial charge < -0.3 is 0 Å². The third-order valence-corrected chi connectivity index (χ3v) is 26.4. The maximum absolute atomic E-state index is 3.61. The highest BCUT2D eigenvalue weighted by atomic mass is 28.3. The molecule has 20 aromatic carbocycles. The lowest BCUT2D eigenvalue weighted by atomic mass is 9.82. The number of hydrogen-bond acceptors (Lipinski definition) is 0. The van der Waals surface area contributed by atoms with Gasteiger partial charge in [-0.25, -0.2) is 0 Å². The Bertz CT molecular complexity index is 6050. The van der Waals surface area contributed by atoms with Gasteiger partial charge in [0.05, 0.1) is 0 Å². The molecule has 0 aliphatic rings. The fraction of sp³-hybridized carbons (Fsp3) is 0. The minimum Gasteiger partial charge on any atom is -0.0623 e. The van der Waals surface area contributed by atoms with Crippen LogP contribution in [0.25, 0.3) is 174 Å². The summed E-state index contributed by atoms with van der Waals surface area (Å²) < 4.78 is 0. The summed E-state index contributed by atoms with van der Waals surface area (Å²) in [7, 11) is -3.61. The minimum absolute atomic E-state index is 1.21. The second-order valence-corrected chi connectivity index (χ2v) is 29.9. The summed E-state index contributed by atoms with van der Waals surface area (Å²) in [5.74, 6) is 0. The van der Waals surface area contributed by atoms with E-state index >= 15 is 0 Å². The number of hydrogen-bond donors (Lipinski definition) is 0. The van der Waals surface area contributed by atoms with Gasteiger partial charge in [-0.2, -0.15) is 0 Å². The molecule has 97 heavy (non-hydrogen) atoms. The maximum atomic E-state index is 2.46. The summed E-state index contributed by atoms with van der Waals surface area (Å²) in [6.45, 7) is 0. The second kappa shape index (κ2) is 21.9. The Morgan fingerprint density at radius 3 is 0.629 bits per heavy atom. The molecule has 0 aromatic heterocycles. The third-order valence-electron chi connectivity index (χ3n) is 21.5. The molecule has 20 rings (SSSR count). The van der Waals surface area contributed by atoms with Crippen LogP contribution in [0.2, 0.25) is 0 Å². The van der Waals surface area contributed by atoms with E-state index in [-0.39, 0.29) is 0 Å². The van der Waals surface area contributed by atoms with Gasteiger partial charge in [0.2, 0.25) is 0 Å². The van der Waals surface area contributed by atoms with Gasteiger partial charge in [0.1, 0.15) is 0 Å². The Kier molecular flexibility index (Phi) is 12.5. The molecule has 0 atom stereocenters. The highest BCUT2D eigenvalue weighted by Crippen LogP contribution is 2.51. The molecular formula is C96H60Si. The van der Waals surface area contributed by atoms with Crippen LogP contribution in [0.3, 0.4) is 0 Å². The normalized spacial score (nSPS) is 12.1. The van der Waals surface area contributed by atoms with E-state index < -0.39 is 8.07 Å². The van der Waals surface area contributed by atoms with Gasteiger partial charge in [-0.1, -0.05) is 352 Å². The quantitative estimate of drug-likeness (QED) is 0.0616. The smallest absolute Gasteiger partial charge is 0.0623 e. The van der Waals surface area contributed by atoms with Crippen LogP contribution in [-0.4, -0.2) is 8.07 Å². The van der Waals surface area contributed by atoms with Gasteiger partial charge in [0.25, 0.3) is 0 Å². The zero-order valence-corrected chi connectivity index (χ0v) is 54.1. The fourth-order valence-electron chi connectivity index (χ4n) is 17.6. The van der Waals surface area contributed by atoms with Gasteiger partial charge in [0.15, 0.2) is 8.07 Å². The Morgan fingerprint density at radius 1 is 0.134 bits per heavy atom. The van der Waals surface area contributed by atoms with Crippen molar-refractivity contribution in [2.45, 2.75) is 0 Å². The third kappa shape index (κ3) is 8.17. The maximum Gasteiger partial charge on any atom is 0.182 e. The van der Waals surface area contributed by atoms with E-state index in [0.717, 1.165) is 0 Å². The number of rotatable bonds is 8. The zero-order chi connectivity index (χ0) is 63.7. The van der Waals surface area contributed by atoms with E-state index in [0.29, 0.717) is 0 Å². The summed E-state index contributed by atoms with van der Waals surface area (Å²) in [4.78, 5) is 0. The van der Waals surface area contributed by atoms with Crippen molar-refractivity contribution in [3.8, 4) is 44.5 Å². The van der Waals surface area contributed by atoms with Gasteiger partial charge in [-0.15, -0.1) is 0 Å². The molecule has 0 heterocycles. The molecule has 0 nitrogen and oxygen atoms in total. The van der Waals surface area contributed by atoms with E-state index in [2.05, 4.69) is 364 Å². The molecule has 0 aliphatic carbocycles. The summed E-state index contributed by atoms with van der Waals surface area (Å²) in [6.07, 6.45) is 0. The first-order valence-corrected chi connectivity index (χ1v) is 35.9. The minimum atomic E-state index is -3.61. The first-order chi connectivity index (χ1) is 48.2. The van der Waals surface area contributed by atoms with Crippen LogP contribution in [0.5, 0.6) is 0 Å². The lowest BCUT2D eigenvalue weighted by Crippen LogP contribution is -2.75. The Labute approximate surface area is 562 Å². The first kappa shape index (κ1) is 55.2. The predicted molar refractivity (Wildman–Crippen MR) is 422 cm³/mol. The summed E-state index contributed by atoms with van der Waals surface area (Å²) >= 11 is 0. The molecule has 0 aliphatic heterocycles. The van der Waals surface area contributed by atoms with Crippen LogP contribution in [-0.2, 0) is 0 Å². The standard InChI is InChI=1S/C96H60Si/c1-3-29-67(30-4-1)97(68-31-5-2-6-32-68,95-85-47-23-19-43-81(85)93(82-44-20-24-48-86(82)95)91-77-39-15-11-35-73(77)89(74-36-12-16-40-78(74)91)65-55-57-71-63(59-65)53-51-61-27-7-9-33-69(61)71)96-87-49-25-21-45-83(87)94(84-46-22-26-50-88(84)96)92-79-41-17-13-37-75(79)90(76-38-14-18-42-80(76)92)66-56-58-72-64(60-66)54-52-62-28-8-10-34-70(62)72/h1-60H. The molecule has 0 amide bonds. The van der Waals surface area contributed by atoms with E-state index in [1.807, 2.05) is 0 Å². The molecule has 448 valence electrons. The predicted octanol–water partition coefficient (Wildman–Crippen LogP) is 23.6. The van der Waals surface area contributed by atoms with Crippen molar-refractivity contribution in [1.82, 2.24) is 0 Å². The molecule has 0 bridgehead atoms. The number of benzene rings is 20. The van der Waals surface area contributed by atoms with Crippen LogP contribution < -0.4 is 20.7 Å². The monoisotopic (exact) mass is 1240 g/mol. The fourth-order valence-corrected chi connectivity index (χ4v) is 23.2. The van der Waals surface area contributed by atoms with E-state index in [1.165, 1.54) is 195 Å². The average Bonchev–Trinajstić information content (AvgIpc) is 0.681. The van der Waals surface area contributed by atoms with Crippen LogP contribution in [0.15, 0.2) is 364 Å². The Morgan fingerprint density at radius 2 is 0.340 bits per heavy atom. The van der Waals surface area contributed by atoms with Crippen LogP contribution in [0.1, 0.15) is 0 Å². The first-order valence-electron chi connectivity index (χ1n) is 33.9. The van der Waals surface area contributed by atoms with Crippen molar-refractivity contribution in [1.29, 1.82) is 0 Å². The molecule has 0 unspecified atom stereocenters. The molecule has 0 spiro atoms. The summed E-state index contributed by atoms with van der Waals surface area (Å²) in [5.41, 5.74) is 9.97. The van der Waals surface area contributed by atoms with Crippen LogP contribution in [0, 0.1) is 0 Å². The van der Waals surface area contributed by atoms with Crippen molar-refractivity contribution >= 4 is 158 Å². The molecule has 0 fully saturated rings. The number of fused-ring (bicyclic) bond motifs is 14. The largest absolute Gasteiger partial charge is 0.182 e. The van der Waals surface area contributed by atoms with Crippen molar-refractivity contribution < 1.29 is 0 Å². The van der Waals surface area contributed by atoms with E-state index in [4.69, 9.17) is 0 Å². The van der Waals surface area contributed by atoms with Crippen LogP contribution >= 0.6 is 0 Å². The highest BCUT2D eigenvalue weighted by Gasteiger charge is 2.47. The molecule has 1 heteroatoms. The van der Waals surface area contributed by atoms with Crippen LogP contribution in [0.4, 0.5) is 0 Å². The Hall–Kier alpha value is -12.3. The summed E-state index contributed by atoms with van der Waals surface area (Å²) in [5, 5.41) is 35.4. The van der Waals surface area contributed by atoms with Crippen molar-refractivity contribution in [2.24, 2.45) is 0 Å². The van der Waals surface area contributed by atoms with Gasteiger partial charge >= 0.3 is 0 Å². The Balaban J connectivity index is 0.896. The van der Waals surface area contributed by atoms with Gasteiger partial charge in [0, 0.05) is 0 Å². The topological polar surface area (TPSA) is 0 Å². The van der Waals surface area contributed by atoms with Crippen molar-refractivity contribution in [2.75, 3.05) is 0 Å². The lowest BCUT2D eigenvalue weighted by Gasteiger charge is -2.39. The molecule has 0 saturated carbocycles. The lowest BCUT2D eigenvalue weighted by molar-refractivity contribution is 1.69. The second-order valence-electron chi connectivity index (χ2n) is 26.3. The van der Waals surface area contributed by atoms with Crippen molar-refractivity contribution in [3.63, 3.8) is 0 Å². The average molecular weight is 1240 g/mol. The zero-order valence-electron chi connectivity index (χ0n) is 53.1. The molecule has 0 N–H and O–H groups in total. The van der Waals surface area contributed by atoms with E-state index in [1.54, 1.807) is 0 Å². The molecule has 0 radical (unpaired) electrons. The molecular weight excluding hydrogens is 1180 g/mol. The summed E-state index contributed by atoms with van der Waals surface area (Å²) in [6, 6.07) is 139.